The summed E-state index contributed by atoms with van der Waals surface area (Å²) >= 11 is 6.17. The van der Waals surface area contributed by atoms with Gasteiger partial charge in [0.25, 0.3) is 0 Å². The molecule has 134 valence electrons. The third-order valence-corrected chi connectivity index (χ3v) is 4.96. The van der Waals surface area contributed by atoms with Gasteiger partial charge in [-0.05, 0) is 37.5 Å². The molecule has 0 saturated carbocycles. The number of carboxylic acid groups (broad SMARTS) is 1. The summed E-state index contributed by atoms with van der Waals surface area (Å²) in [4.78, 5) is 38.7. The largest absolute Gasteiger partial charge is 0.481 e. The maximum atomic E-state index is 12.5. The SMILES string of the molecule is O=C(O)C1CCCN(C(=O)Nc2cc(N3CCCC3=O)ccc2Cl)C1. The summed E-state index contributed by atoms with van der Waals surface area (Å²) in [5.41, 5.74) is 1.12. The lowest BCUT2D eigenvalue weighted by atomic mass is 9.99. The van der Waals surface area contributed by atoms with Crippen LogP contribution in [0.25, 0.3) is 0 Å². The van der Waals surface area contributed by atoms with Gasteiger partial charge in [0.05, 0.1) is 16.6 Å². The van der Waals surface area contributed by atoms with E-state index in [2.05, 4.69) is 5.32 Å². The summed E-state index contributed by atoms with van der Waals surface area (Å²) in [7, 11) is 0. The van der Waals surface area contributed by atoms with Crippen LogP contribution >= 0.6 is 11.6 Å². The van der Waals surface area contributed by atoms with E-state index in [0.29, 0.717) is 48.7 Å². The van der Waals surface area contributed by atoms with Crippen LogP contribution in [-0.2, 0) is 9.59 Å². The van der Waals surface area contributed by atoms with Crippen LogP contribution in [0.5, 0.6) is 0 Å². The van der Waals surface area contributed by atoms with Crippen LogP contribution in [0.4, 0.5) is 16.2 Å². The van der Waals surface area contributed by atoms with E-state index in [9.17, 15) is 14.4 Å². The fourth-order valence-electron chi connectivity index (χ4n) is 3.26. The maximum absolute atomic E-state index is 12.5. The summed E-state index contributed by atoms with van der Waals surface area (Å²) in [6.45, 7) is 1.35. The van der Waals surface area contributed by atoms with Gasteiger partial charge < -0.3 is 20.2 Å². The first-order valence-electron chi connectivity index (χ1n) is 8.34. The van der Waals surface area contributed by atoms with E-state index >= 15 is 0 Å². The van der Waals surface area contributed by atoms with Gasteiger partial charge in [-0.25, -0.2) is 4.79 Å². The molecule has 1 aromatic rings. The second-order valence-electron chi connectivity index (χ2n) is 6.37. The van der Waals surface area contributed by atoms with Crippen molar-refractivity contribution in [3.63, 3.8) is 0 Å². The lowest BCUT2D eigenvalue weighted by Crippen LogP contribution is -2.44. The molecule has 1 atom stereocenters. The van der Waals surface area contributed by atoms with Crippen LogP contribution in [0.15, 0.2) is 18.2 Å². The molecule has 0 aliphatic carbocycles. The number of hydrogen-bond acceptors (Lipinski definition) is 3. The van der Waals surface area contributed by atoms with Crippen LogP contribution in [0.1, 0.15) is 25.7 Å². The maximum Gasteiger partial charge on any atom is 0.321 e. The Morgan fingerprint density at radius 1 is 1.24 bits per heavy atom. The van der Waals surface area contributed by atoms with Crippen molar-refractivity contribution in [1.82, 2.24) is 4.90 Å². The lowest BCUT2D eigenvalue weighted by Gasteiger charge is -2.31. The number of halogens is 1. The standard InChI is InChI=1S/C17H20ClN3O4/c18-13-6-5-12(21-8-2-4-15(21)22)9-14(13)19-17(25)20-7-1-3-11(10-20)16(23)24/h5-6,9,11H,1-4,7-8,10H2,(H,19,25)(H,23,24). The molecule has 2 aliphatic heterocycles. The fourth-order valence-corrected chi connectivity index (χ4v) is 3.42. The van der Waals surface area contributed by atoms with E-state index in [1.165, 1.54) is 4.90 Å². The van der Waals surface area contributed by atoms with Crippen molar-refractivity contribution < 1.29 is 19.5 Å². The Morgan fingerprint density at radius 3 is 2.72 bits per heavy atom. The molecule has 2 aliphatic rings. The van der Waals surface area contributed by atoms with Gasteiger partial charge in [-0.3, -0.25) is 9.59 Å². The number of carbonyl (C=O) groups excluding carboxylic acids is 2. The number of hydrogen-bond donors (Lipinski definition) is 2. The molecule has 3 rings (SSSR count). The van der Waals surface area contributed by atoms with Gasteiger partial charge in [0.1, 0.15) is 0 Å². The number of carbonyl (C=O) groups is 3. The van der Waals surface area contributed by atoms with Crippen molar-refractivity contribution in [1.29, 1.82) is 0 Å². The van der Waals surface area contributed by atoms with E-state index in [1.807, 2.05) is 0 Å². The Bertz CT molecular complexity index is 709. The number of likely N-dealkylation sites (tertiary alicyclic amines) is 1. The molecule has 1 aromatic carbocycles. The van der Waals surface area contributed by atoms with Gasteiger partial charge >= 0.3 is 12.0 Å². The number of benzene rings is 1. The Hall–Kier alpha value is -2.28. The second kappa shape index (κ2) is 7.31. The molecule has 7 nitrogen and oxygen atoms in total. The van der Waals surface area contributed by atoms with Gasteiger partial charge in [0, 0.05) is 31.7 Å². The monoisotopic (exact) mass is 365 g/mol. The number of aliphatic carboxylic acids is 1. The predicted octanol–water partition coefficient (Wildman–Crippen LogP) is 2.80. The van der Waals surface area contributed by atoms with Crippen molar-refractivity contribution in [3.8, 4) is 0 Å². The first-order chi connectivity index (χ1) is 12.0. The smallest absolute Gasteiger partial charge is 0.321 e. The molecule has 0 bridgehead atoms. The summed E-state index contributed by atoms with van der Waals surface area (Å²) in [6.07, 6.45) is 2.56. The molecule has 3 amide bonds. The Labute approximate surface area is 150 Å². The molecule has 25 heavy (non-hydrogen) atoms. The number of carboxylic acids is 1. The normalized spacial score (nSPS) is 20.7. The molecule has 0 aromatic heterocycles. The average Bonchev–Trinajstić information content (AvgIpc) is 3.03. The Morgan fingerprint density at radius 2 is 2.04 bits per heavy atom. The highest BCUT2D eigenvalue weighted by Crippen LogP contribution is 2.30. The number of nitrogens with zero attached hydrogens (tertiary/aromatic N) is 2. The second-order valence-corrected chi connectivity index (χ2v) is 6.77. The molecule has 1 unspecified atom stereocenters. The highest BCUT2D eigenvalue weighted by molar-refractivity contribution is 6.33. The molecule has 2 fully saturated rings. The minimum Gasteiger partial charge on any atom is -0.481 e. The first kappa shape index (κ1) is 17.5. The van der Waals surface area contributed by atoms with Crippen LogP contribution < -0.4 is 10.2 Å². The van der Waals surface area contributed by atoms with Gasteiger partial charge in [-0.2, -0.15) is 0 Å². The number of rotatable bonds is 3. The van der Waals surface area contributed by atoms with E-state index in [-0.39, 0.29) is 18.5 Å². The van der Waals surface area contributed by atoms with Crippen molar-refractivity contribution in [2.75, 3.05) is 29.9 Å². The fraction of sp³-hybridized carbons (Fsp3) is 0.471. The third kappa shape index (κ3) is 3.87. The summed E-state index contributed by atoms with van der Waals surface area (Å²) < 4.78 is 0. The molecule has 2 saturated heterocycles. The molecule has 0 spiro atoms. The van der Waals surface area contributed by atoms with Crippen LogP contribution in [0.3, 0.4) is 0 Å². The zero-order valence-corrected chi connectivity index (χ0v) is 14.5. The predicted molar refractivity (Wildman–Crippen MR) is 94.0 cm³/mol. The highest BCUT2D eigenvalue weighted by Gasteiger charge is 2.28. The lowest BCUT2D eigenvalue weighted by molar-refractivity contribution is -0.143. The zero-order valence-electron chi connectivity index (χ0n) is 13.7. The minimum absolute atomic E-state index is 0.0555. The zero-order chi connectivity index (χ0) is 18.0. The van der Waals surface area contributed by atoms with Crippen LogP contribution in [0.2, 0.25) is 5.02 Å². The number of nitrogens with one attached hydrogen (secondary N) is 1. The number of urea groups is 1. The topological polar surface area (TPSA) is 89.9 Å². The quantitative estimate of drug-likeness (QED) is 0.861. The van der Waals surface area contributed by atoms with Crippen LogP contribution in [-0.4, -0.2) is 47.5 Å². The average molecular weight is 366 g/mol. The van der Waals surface area contributed by atoms with E-state index in [0.717, 1.165) is 6.42 Å². The molecule has 8 heteroatoms. The molecule has 2 N–H and O–H groups in total. The van der Waals surface area contributed by atoms with Gasteiger partial charge in [-0.1, -0.05) is 11.6 Å². The van der Waals surface area contributed by atoms with Gasteiger partial charge in [-0.15, -0.1) is 0 Å². The Balaban J connectivity index is 1.72. The van der Waals surface area contributed by atoms with E-state index in [1.54, 1.807) is 23.1 Å². The first-order valence-corrected chi connectivity index (χ1v) is 8.72. The number of piperidine rings is 1. The van der Waals surface area contributed by atoms with Crippen LogP contribution in [0, 0.1) is 5.92 Å². The Kier molecular flexibility index (Phi) is 5.13. The number of anilines is 2. The molecule has 0 radical (unpaired) electrons. The van der Waals surface area contributed by atoms with Gasteiger partial charge in [0.2, 0.25) is 5.91 Å². The summed E-state index contributed by atoms with van der Waals surface area (Å²) in [5, 5.41) is 12.3. The van der Waals surface area contributed by atoms with Crippen molar-refractivity contribution in [2.45, 2.75) is 25.7 Å². The van der Waals surface area contributed by atoms with Gasteiger partial charge in [0.15, 0.2) is 0 Å². The number of amides is 3. The molecular formula is C17H20ClN3O4. The van der Waals surface area contributed by atoms with Crippen molar-refractivity contribution in [3.05, 3.63) is 23.2 Å². The van der Waals surface area contributed by atoms with Crippen molar-refractivity contribution in [2.24, 2.45) is 5.92 Å². The molecular weight excluding hydrogens is 346 g/mol. The highest BCUT2D eigenvalue weighted by atomic mass is 35.5. The summed E-state index contributed by atoms with van der Waals surface area (Å²) in [6, 6.07) is 4.71. The van der Waals surface area contributed by atoms with E-state index < -0.39 is 11.9 Å². The molecule has 2 heterocycles. The van der Waals surface area contributed by atoms with Crippen molar-refractivity contribution >= 4 is 40.9 Å². The third-order valence-electron chi connectivity index (χ3n) is 4.63. The minimum atomic E-state index is -0.884. The summed E-state index contributed by atoms with van der Waals surface area (Å²) in [5.74, 6) is -1.37. The van der Waals surface area contributed by atoms with E-state index in [4.69, 9.17) is 16.7 Å².